The number of carbonyl (C=O) groups is 1. The maximum absolute atomic E-state index is 14.0. The lowest BCUT2D eigenvalue weighted by Crippen LogP contribution is -2.53. The number of sulfonamides is 2. The number of hydrogen-bond acceptors (Lipinski definition) is 7. The lowest BCUT2D eigenvalue weighted by Gasteiger charge is -2.44. The Hall–Kier alpha value is -3.16. The van der Waals surface area contributed by atoms with E-state index in [-0.39, 0.29) is 62.9 Å². The van der Waals surface area contributed by atoms with Gasteiger partial charge in [-0.2, -0.15) is 8.42 Å². The third kappa shape index (κ3) is 4.45. The molecule has 6 rings (SSSR count). The Morgan fingerprint density at radius 2 is 1.95 bits per heavy atom. The summed E-state index contributed by atoms with van der Waals surface area (Å²) in [6, 6.07) is 7.48. The number of hydrogen-bond donors (Lipinski definition) is 3. The number of fused-ring (bicyclic) bond motifs is 6. The van der Waals surface area contributed by atoms with Crippen molar-refractivity contribution in [1.29, 1.82) is 0 Å². The Morgan fingerprint density at radius 1 is 1.21 bits per heavy atom. The highest BCUT2D eigenvalue weighted by Gasteiger charge is 2.57. The third-order valence-electron chi connectivity index (χ3n) is 7.90. The van der Waals surface area contributed by atoms with Crippen LogP contribution in [0, 0.1) is 23.6 Å². The van der Waals surface area contributed by atoms with Crippen LogP contribution in [0.4, 0.5) is 15.8 Å². The van der Waals surface area contributed by atoms with Gasteiger partial charge in [-0.15, -0.1) is 4.40 Å². The van der Waals surface area contributed by atoms with Crippen LogP contribution in [0.5, 0.6) is 0 Å². The summed E-state index contributed by atoms with van der Waals surface area (Å²) >= 11 is 6.28. The number of aliphatic hydroxyl groups is 1. The average Bonchev–Trinajstić information content (AvgIpc) is 3.45. The van der Waals surface area contributed by atoms with Crippen LogP contribution in [0.1, 0.15) is 24.8 Å². The fourth-order valence-corrected chi connectivity index (χ4v) is 8.36. The van der Waals surface area contributed by atoms with Crippen molar-refractivity contribution in [1.82, 2.24) is 4.90 Å². The molecule has 4 atom stereocenters. The van der Waals surface area contributed by atoms with E-state index >= 15 is 0 Å². The molecule has 39 heavy (non-hydrogen) atoms. The first-order valence-electron chi connectivity index (χ1n) is 12.2. The largest absolute Gasteiger partial charge is 0.511 e. The van der Waals surface area contributed by atoms with Gasteiger partial charge >= 0.3 is 0 Å². The molecule has 2 fully saturated rings. The van der Waals surface area contributed by atoms with Crippen LogP contribution in [0.15, 0.2) is 57.0 Å². The van der Waals surface area contributed by atoms with E-state index in [1.54, 1.807) is 4.90 Å². The van der Waals surface area contributed by atoms with E-state index in [4.69, 9.17) is 11.6 Å². The molecular formula is C25H24ClFN4O6S2. The summed E-state index contributed by atoms with van der Waals surface area (Å²) in [5.41, 5.74) is 0.393. The van der Waals surface area contributed by atoms with Crippen molar-refractivity contribution in [2.24, 2.45) is 22.2 Å². The van der Waals surface area contributed by atoms with Crippen molar-refractivity contribution in [2.45, 2.75) is 36.7 Å². The van der Waals surface area contributed by atoms with Gasteiger partial charge in [0.2, 0.25) is 10.0 Å². The molecule has 0 saturated heterocycles. The second kappa shape index (κ2) is 8.93. The summed E-state index contributed by atoms with van der Waals surface area (Å²) in [5.74, 6) is -1.74. The number of halogens is 2. The van der Waals surface area contributed by atoms with Gasteiger partial charge in [-0.05, 0) is 67.0 Å². The van der Waals surface area contributed by atoms with Crippen LogP contribution < -0.4 is 10.0 Å². The number of nitrogens with zero attached hydrogens (tertiary/aromatic N) is 2. The SMILES string of the molecule is CS(=O)(=O)Nc1ccc2c(c1)S(=O)(=O)N=C(C1=C(O)C3C([C@@H]4CC[C@H]3C4)N(Cc3ccc(F)cc3Cl)C1=O)N2. The van der Waals surface area contributed by atoms with E-state index in [1.807, 2.05) is 0 Å². The molecule has 14 heteroatoms. The van der Waals surface area contributed by atoms with Gasteiger partial charge < -0.3 is 15.3 Å². The molecule has 0 spiro atoms. The molecule has 2 aliphatic carbocycles. The van der Waals surface area contributed by atoms with Crippen molar-refractivity contribution < 1.29 is 31.1 Å². The number of nitrogens with one attached hydrogen (secondary N) is 2. The molecule has 1 amide bonds. The Balaban J connectivity index is 1.42. The van der Waals surface area contributed by atoms with E-state index in [0.29, 0.717) is 5.56 Å². The Morgan fingerprint density at radius 3 is 2.67 bits per heavy atom. The summed E-state index contributed by atoms with van der Waals surface area (Å²) in [4.78, 5) is 15.3. The highest BCUT2D eigenvalue weighted by atomic mass is 35.5. The topological polar surface area (TPSA) is 145 Å². The zero-order valence-electron chi connectivity index (χ0n) is 20.6. The number of rotatable bonds is 5. The summed E-state index contributed by atoms with van der Waals surface area (Å²) < 4.78 is 69.3. The molecule has 2 aromatic carbocycles. The molecule has 2 saturated carbocycles. The van der Waals surface area contributed by atoms with Crippen LogP contribution in [0.2, 0.25) is 5.02 Å². The summed E-state index contributed by atoms with van der Waals surface area (Å²) in [6.45, 7) is 0.0518. The first kappa shape index (κ1) is 26.1. The van der Waals surface area contributed by atoms with Crippen molar-refractivity contribution in [2.75, 3.05) is 16.3 Å². The average molecular weight is 595 g/mol. The van der Waals surface area contributed by atoms with E-state index in [1.165, 1.54) is 30.3 Å². The second-order valence-corrected chi connectivity index (χ2v) is 14.1. The number of amidine groups is 1. The van der Waals surface area contributed by atoms with Gasteiger partial charge in [0.15, 0.2) is 5.84 Å². The van der Waals surface area contributed by atoms with Crippen molar-refractivity contribution in [3.05, 3.63) is 64.1 Å². The molecular weight excluding hydrogens is 571 g/mol. The van der Waals surface area contributed by atoms with E-state index in [2.05, 4.69) is 14.4 Å². The van der Waals surface area contributed by atoms with Gasteiger partial charge in [-0.3, -0.25) is 9.52 Å². The standard InChI is InChI=1S/C25H24ClFN4O6S2/c1-38(34,35)29-16-6-7-18-19(10-16)39(36,37)30-24(28-18)21-23(32)20-12-2-3-13(8-12)22(20)31(25(21)33)11-14-4-5-15(27)9-17(14)26/h4-7,9-10,12-13,20,22,29,32H,2-3,8,11H2,1H3,(H,28,30)/t12-,13+,20?,22?/m0/s1. The minimum Gasteiger partial charge on any atom is -0.511 e. The first-order chi connectivity index (χ1) is 18.3. The van der Waals surface area contributed by atoms with Gasteiger partial charge in [0.05, 0.1) is 11.9 Å². The predicted molar refractivity (Wildman–Crippen MR) is 143 cm³/mol. The molecule has 206 valence electrons. The monoisotopic (exact) mass is 594 g/mol. The molecule has 0 aromatic heterocycles. The second-order valence-electron chi connectivity index (χ2n) is 10.4. The van der Waals surface area contributed by atoms with Gasteiger partial charge in [0, 0.05) is 29.2 Å². The van der Waals surface area contributed by atoms with Crippen LogP contribution in [0.25, 0.3) is 0 Å². The molecule has 2 heterocycles. The van der Waals surface area contributed by atoms with Gasteiger partial charge in [-0.25, -0.2) is 12.8 Å². The number of aliphatic hydroxyl groups excluding tert-OH is 1. The number of anilines is 2. The van der Waals surface area contributed by atoms with Gasteiger partial charge in [0.25, 0.3) is 15.9 Å². The van der Waals surface area contributed by atoms with E-state index in [0.717, 1.165) is 31.6 Å². The molecule has 0 radical (unpaired) electrons. The molecule has 4 aliphatic rings. The Bertz CT molecular complexity index is 1710. The van der Waals surface area contributed by atoms with Crippen LogP contribution in [-0.2, 0) is 31.4 Å². The van der Waals surface area contributed by atoms with Crippen molar-refractivity contribution in [3.8, 4) is 0 Å². The molecule has 10 nitrogen and oxygen atoms in total. The lowest BCUT2D eigenvalue weighted by molar-refractivity contribution is -0.134. The Labute approximate surface area is 229 Å². The van der Waals surface area contributed by atoms with E-state index < -0.39 is 37.7 Å². The van der Waals surface area contributed by atoms with Crippen molar-refractivity contribution >= 4 is 54.8 Å². The molecule has 3 N–H and O–H groups in total. The minimum atomic E-state index is -4.37. The van der Waals surface area contributed by atoms with Crippen molar-refractivity contribution in [3.63, 3.8) is 0 Å². The molecule has 2 bridgehead atoms. The van der Waals surface area contributed by atoms with Gasteiger partial charge in [-0.1, -0.05) is 17.7 Å². The number of amides is 1. The van der Waals surface area contributed by atoms with Crippen LogP contribution in [-0.4, -0.2) is 50.9 Å². The fraction of sp³-hybridized carbons (Fsp3) is 0.360. The summed E-state index contributed by atoms with van der Waals surface area (Å²) in [5, 5.41) is 14.4. The zero-order chi connectivity index (χ0) is 27.9. The highest BCUT2D eigenvalue weighted by molar-refractivity contribution is 7.92. The van der Waals surface area contributed by atoms with Crippen LogP contribution >= 0.6 is 11.6 Å². The smallest absolute Gasteiger partial charge is 0.286 e. The first-order valence-corrected chi connectivity index (χ1v) is 16.0. The summed E-state index contributed by atoms with van der Waals surface area (Å²) in [6.07, 6.45) is 3.54. The quantitative estimate of drug-likeness (QED) is 0.479. The summed E-state index contributed by atoms with van der Waals surface area (Å²) in [7, 11) is -8.03. The fourth-order valence-electron chi connectivity index (χ4n) is 6.43. The highest BCUT2D eigenvalue weighted by Crippen LogP contribution is 2.55. The number of benzene rings is 2. The van der Waals surface area contributed by atoms with E-state index in [9.17, 15) is 31.1 Å². The predicted octanol–water partition coefficient (Wildman–Crippen LogP) is 3.63. The number of carbonyl (C=O) groups excluding carboxylic acids is 1. The Kier molecular flexibility index (Phi) is 5.97. The van der Waals surface area contributed by atoms with Crippen LogP contribution in [0.3, 0.4) is 0 Å². The molecule has 2 aromatic rings. The molecule has 2 unspecified atom stereocenters. The maximum atomic E-state index is 14.0. The lowest BCUT2D eigenvalue weighted by atomic mass is 9.77. The normalized spacial score (nSPS) is 27.1. The molecule has 2 aliphatic heterocycles. The van der Waals surface area contributed by atoms with Gasteiger partial charge in [0.1, 0.15) is 22.0 Å². The zero-order valence-corrected chi connectivity index (χ0v) is 22.9. The third-order valence-corrected chi connectivity index (χ3v) is 10.2. The minimum absolute atomic E-state index is 0.0308. The maximum Gasteiger partial charge on any atom is 0.286 e.